The van der Waals surface area contributed by atoms with Crippen molar-refractivity contribution in [3.05, 3.63) is 34.9 Å². The Morgan fingerprint density at radius 3 is 2.76 bits per heavy atom. The minimum Gasteiger partial charge on any atom is -0.313 e. The normalized spacial score (nSPS) is 25.3. The Bertz CT molecular complexity index is 404. The summed E-state index contributed by atoms with van der Waals surface area (Å²) in [7, 11) is -0.692. The molecule has 4 heteroatoms. The molecule has 1 aliphatic rings. The van der Waals surface area contributed by atoms with Gasteiger partial charge >= 0.3 is 0 Å². The van der Waals surface area contributed by atoms with Crippen molar-refractivity contribution in [3.63, 3.8) is 0 Å². The van der Waals surface area contributed by atoms with Gasteiger partial charge in [-0.15, -0.1) is 0 Å². The first-order valence-electron chi connectivity index (χ1n) is 5.94. The fourth-order valence-electron chi connectivity index (χ4n) is 2.25. The van der Waals surface area contributed by atoms with E-state index in [9.17, 15) is 4.21 Å². The maximum absolute atomic E-state index is 10.9. The van der Waals surface area contributed by atoms with Gasteiger partial charge in [-0.05, 0) is 30.4 Å². The van der Waals surface area contributed by atoms with Gasteiger partial charge in [0, 0.05) is 40.4 Å². The highest BCUT2D eigenvalue weighted by Crippen LogP contribution is 2.39. The van der Waals surface area contributed by atoms with E-state index in [0.717, 1.165) is 30.2 Å². The molecule has 2 rings (SSSR count). The van der Waals surface area contributed by atoms with Crippen molar-refractivity contribution in [2.75, 3.05) is 18.6 Å². The molecule has 1 aromatic rings. The summed E-state index contributed by atoms with van der Waals surface area (Å²) in [4.78, 5) is 0. The second kappa shape index (κ2) is 5.98. The molecule has 0 saturated heterocycles. The Morgan fingerprint density at radius 1 is 1.41 bits per heavy atom. The fourth-order valence-corrected chi connectivity index (χ4v) is 2.95. The number of hydrogen-bond donors (Lipinski definition) is 1. The predicted octanol–water partition coefficient (Wildman–Crippen LogP) is 2.55. The van der Waals surface area contributed by atoms with Gasteiger partial charge in [-0.3, -0.25) is 4.21 Å². The highest BCUT2D eigenvalue weighted by molar-refractivity contribution is 7.84. The van der Waals surface area contributed by atoms with Crippen LogP contribution >= 0.6 is 11.6 Å². The zero-order valence-corrected chi connectivity index (χ0v) is 11.6. The molecule has 0 aromatic heterocycles. The molecule has 1 N–H and O–H groups in total. The molecular weight excluding hydrogens is 254 g/mol. The van der Waals surface area contributed by atoms with Crippen LogP contribution in [0.5, 0.6) is 0 Å². The molecule has 1 fully saturated rings. The van der Waals surface area contributed by atoms with E-state index in [2.05, 4.69) is 11.4 Å². The fraction of sp³-hybridized carbons (Fsp3) is 0.538. The van der Waals surface area contributed by atoms with Crippen molar-refractivity contribution in [1.29, 1.82) is 0 Å². The van der Waals surface area contributed by atoms with Gasteiger partial charge in [0.05, 0.1) is 0 Å². The lowest BCUT2D eigenvalue weighted by atomic mass is 9.76. The summed E-state index contributed by atoms with van der Waals surface area (Å²) < 4.78 is 10.9. The van der Waals surface area contributed by atoms with Gasteiger partial charge in [-0.2, -0.15) is 0 Å². The third kappa shape index (κ3) is 3.54. The first-order chi connectivity index (χ1) is 8.16. The molecule has 1 atom stereocenters. The van der Waals surface area contributed by atoms with Crippen LogP contribution in [0, 0.1) is 0 Å². The van der Waals surface area contributed by atoms with E-state index < -0.39 is 10.8 Å². The maximum atomic E-state index is 10.9. The van der Waals surface area contributed by atoms with Crippen LogP contribution in [0.4, 0.5) is 0 Å². The second-order valence-electron chi connectivity index (χ2n) is 4.62. The van der Waals surface area contributed by atoms with Crippen molar-refractivity contribution in [2.45, 2.75) is 24.8 Å². The third-order valence-corrected chi connectivity index (χ3v) is 4.43. The Kier molecular flexibility index (Phi) is 4.60. The molecule has 94 valence electrons. The van der Waals surface area contributed by atoms with Gasteiger partial charge in [-0.25, -0.2) is 0 Å². The molecule has 2 nitrogen and oxygen atoms in total. The summed E-state index contributed by atoms with van der Waals surface area (Å²) in [6.45, 7) is 0.850. The van der Waals surface area contributed by atoms with Crippen LogP contribution in [-0.2, 0) is 10.8 Å². The highest BCUT2D eigenvalue weighted by Gasteiger charge is 2.30. The van der Waals surface area contributed by atoms with E-state index in [1.165, 1.54) is 5.56 Å². The minimum atomic E-state index is -0.692. The molecule has 1 aromatic carbocycles. The average Bonchev–Trinajstić information content (AvgIpc) is 2.23. The van der Waals surface area contributed by atoms with Crippen LogP contribution in [0.15, 0.2) is 24.3 Å². The smallest absolute Gasteiger partial charge is 0.0440 e. The van der Waals surface area contributed by atoms with Crippen LogP contribution in [0.3, 0.4) is 0 Å². The molecule has 0 amide bonds. The lowest BCUT2D eigenvalue weighted by Crippen LogP contribution is -2.41. The van der Waals surface area contributed by atoms with Crippen molar-refractivity contribution >= 4 is 22.4 Å². The molecule has 0 radical (unpaired) electrons. The van der Waals surface area contributed by atoms with Gasteiger partial charge in [0.15, 0.2) is 0 Å². The van der Waals surface area contributed by atoms with E-state index >= 15 is 0 Å². The van der Waals surface area contributed by atoms with Gasteiger partial charge in [0.25, 0.3) is 0 Å². The number of benzene rings is 1. The molecule has 0 bridgehead atoms. The summed E-state index contributed by atoms with van der Waals surface area (Å²) in [6.07, 6.45) is 4.02. The molecular formula is C13H18ClNOS. The summed E-state index contributed by atoms with van der Waals surface area (Å²) in [5, 5.41) is 4.31. The molecule has 17 heavy (non-hydrogen) atoms. The van der Waals surface area contributed by atoms with Crippen molar-refractivity contribution in [1.82, 2.24) is 5.32 Å². The van der Waals surface area contributed by atoms with E-state index in [4.69, 9.17) is 11.6 Å². The molecule has 1 unspecified atom stereocenters. The van der Waals surface area contributed by atoms with E-state index in [0.29, 0.717) is 12.0 Å². The Labute approximate surface area is 110 Å². The zero-order chi connectivity index (χ0) is 12.3. The monoisotopic (exact) mass is 271 g/mol. The molecule has 1 saturated carbocycles. The average molecular weight is 272 g/mol. The van der Waals surface area contributed by atoms with Crippen molar-refractivity contribution in [3.8, 4) is 0 Å². The molecule has 0 spiro atoms. The molecule has 1 aliphatic carbocycles. The highest BCUT2D eigenvalue weighted by atomic mass is 35.5. The summed E-state index contributed by atoms with van der Waals surface area (Å²) in [6, 6.07) is 8.65. The van der Waals surface area contributed by atoms with E-state index in [-0.39, 0.29) is 0 Å². The number of nitrogens with one attached hydrogen (secondary N) is 1. The minimum absolute atomic E-state index is 0.569. The summed E-state index contributed by atoms with van der Waals surface area (Å²) in [5.41, 5.74) is 1.27. The summed E-state index contributed by atoms with van der Waals surface area (Å²) >= 11 is 6.16. The second-order valence-corrected chi connectivity index (χ2v) is 6.58. The van der Waals surface area contributed by atoms with Crippen LogP contribution in [0.25, 0.3) is 0 Å². The first-order valence-corrected chi connectivity index (χ1v) is 8.05. The Morgan fingerprint density at radius 2 is 2.12 bits per heavy atom. The van der Waals surface area contributed by atoms with Crippen LogP contribution in [0.2, 0.25) is 5.02 Å². The number of halogens is 1. The lowest BCUT2D eigenvalue weighted by molar-refractivity contribution is 0.296. The molecule has 0 aliphatic heterocycles. The zero-order valence-electron chi connectivity index (χ0n) is 9.99. The third-order valence-electron chi connectivity index (χ3n) is 3.31. The van der Waals surface area contributed by atoms with Gasteiger partial charge in [0.1, 0.15) is 0 Å². The van der Waals surface area contributed by atoms with E-state index in [1.807, 2.05) is 18.2 Å². The largest absolute Gasteiger partial charge is 0.313 e. The van der Waals surface area contributed by atoms with Crippen LogP contribution in [-0.4, -0.2) is 28.8 Å². The maximum Gasteiger partial charge on any atom is 0.0440 e. The van der Waals surface area contributed by atoms with E-state index in [1.54, 1.807) is 6.26 Å². The van der Waals surface area contributed by atoms with Crippen molar-refractivity contribution in [2.24, 2.45) is 0 Å². The SMILES string of the molecule is CS(=O)CCNC1CC(c2ccccc2Cl)C1. The predicted molar refractivity (Wildman–Crippen MR) is 74.2 cm³/mol. The first kappa shape index (κ1) is 13.1. The Hall–Kier alpha value is -0.380. The van der Waals surface area contributed by atoms with Crippen LogP contribution in [0.1, 0.15) is 24.3 Å². The van der Waals surface area contributed by atoms with Gasteiger partial charge < -0.3 is 5.32 Å². The summed E-state index contributed by atoms with van der Waals surface area (Å²) in [5.74, 6) is 1.33. The van der Waals surface area contributed by atoms with Gasteiger partial charge in [0.2, 0.25) is 0 Å². The topological polar surface area (TPSA) is 29.1 Å². The number of rotatable bonds is 5. The lowest BCUT2D eigenvalue weighted by Gasteiger charge is -2.36. The Balaban J connectivity index is 1.76. The quantitative estimate of drug-likeness (QED) is 0.892. The van der Waals surface area contributed by atoms with Gasteiger partial charge in [-0.1, -0.05) is 29.8 Å². The molecule has 0 heterocycles. The van der Waals surface area contributed by atoms with Crippen LogP contribution < -0.4 is 5.32 Å². The standard InChI is InChI=1S/C13H18ClNOS/c1-17(16)7-6-15-11-8-10(9-11)12-4-2-3-5-13(12)14/h2-5,10-11,15H,6-9H2,1H3. The number of hydrogen-bond acceptors (Lipinski definition) is 2. The van der Waals surface area contributed by atoms with Crippen molar-refractivity contribution < 1.29 is 4.21 Å².